The Bertz CT molecular complexity index is 2070. The van der Waals surface area contributed by atoms with E-state index in [1.807, 2.05) is 32.3 Å². The number of Topliss-reactive ketones (excluding diaryl/α,β-unsaturated/α-hetero) is 1. The number of methoxy groups -OCH3 is 2. The number of unbranched alkanes of at least 4 members (excludes halogenated alkanes) is 1. The molecule has 298 valence electrons. The predicted octanol–water partition coefficient (Wildman–Crippen LogP) is 2.80. The van der Waals surface area contributed by atoms with E-state index in [0.29, 0.717) is 61.5 Å². The van der Waals surface area contributed by atoms with Crippen molar-refractivity contribution in [1.29, 1.82) is 0 Å². The minimum absolute atomic E-state index is 0.0352. The number of likely N-dealkylation sites (N-methyl/N-ethyl adjacent to an activating group) is 2. The maximum atomic E-state index is 13.1. The maximum absolute atomic E-state index is 13.1. The molecule has 3 fully saturated rings. The average Bonchev–Trinajstić information content (AvgIpc) is 3.72. The first-order valence-electron chi connectivity index (χ1n) is 19.5. The fraction of sp³-hybridized carbons (Fsp3) is 0.585. The third-order valence-corrected chi connectivity index (χ3v) is 14.3. The van der Waals surface area contributed by atoms with E-state index in [0.717, 1.165) is 41.8 Å². The van der Waals surface area contributed by atoms with Crippen LogP contribution < -0.4 is 18.9 Å². The van der Waals surface area contributed by atoms with Crippen LogP contribution in [0.15, 0.2) is 36.4 Å². The Morgan fingerprint density at radius 1 is 0.893 bits per heavy atom. The van der Waals surface area contributed by atoms with Crippen molar-refractivity contribution in [1.82, 2.24) is 9.80 Å². The van der Waals surface area contributed by atoms with Gasteiger partial charge in [0.2, 0.25) is 0 Å². The van der Waals surface area contributed by atoms with Gasteiger partial charge in [0.25, 0.3) is 5.09 Å². The molecular formula is C41H47N3O12. The molecule has 10 rings (SSSR count). The highest BCUT2D eigenvalue weighted by atomic mass is 16.9. The number of esters is 1. The van der Waals surface area contributed by atoms with Crippen molar-refractivity contribution >= 4 is 17.5 Å². The van der Waals surface area contributed by atoms with Crippen LogP contribution in [0.4, 0.5) is 0 Å². The van der Waals surface area contributed by atoms with Crippen molar-refractivity contribution in [2.24, 2.45) is 0 Å². The van der Waals surface area contributed by atoms with Gasteiger partial charge in [-0.15, -0.1) is 10.1 Å². The van der Waals surface area contributed by atoms with Crippen LogP contribution in [0.5, 0.6) is 23.0 Å². The lowest BCUT2D eigenvalue weighted by molar-refractivity contribution is -0.757. The van der Waals surface area contributed by atoms with Crippen LogP contribution in [-0.4, -0.2) is 121 Å². The van der Waals surface area contributed by atoms with Gasteiger partial charge >= 0.3 is 5.97 Å². The monoisotopic (exact) mass is 773 g/mol. The number of ketones is 2. The SMILES string of the molecule is COc1ccc2c3c1OC1C(=O)C=CC4(O)C(C2)N(C)CC[C@]314.COc1ccc2c3c1O[C@H]1C(=O)CCC4(OC(=O)CCCCO[N+](=O)[O-])C(C2)N(C)CC[C@]314. The summed E-state index contributed by atoms with van der Waals surface area (Å²) < 4.78 is 29.8. The van der Waals surface area contributed by atoms with Crippen molar-refractivity contribution in [2.45, 2.75) is 104 Å². The largest absolute Gasteiger partial charge is 0.493 e. The zero-order valence-electron chi connectivity index (χ0n) is 32.0. The predicted molar refractivity (Wildman–Crippen MR) is 197 cm³/mol. The molecule has 56 heavy (non-hydrogen) atoms. The van der Waals surface area contributed by atoms with Crippen molar-refractivity contribution in [3.05, 3.63) is 68.8 Å². The first kappa shape index (κ1) is 36.9. The lowest BCUT2D eigenvalue weighted by atomic mass is 9.49. The molecule has 2 spiro atoms. The van der Waals surface area contributed by atoms with E-state index in [2.05, 4.69) is 20.7 Å². The van der Waals surface area contributed by atoms with Crippen LogP contribution in [0.2, 0.25) is 0 Å². The normalized spacial score (nSPS) is 34.9. The number of benzene rings is 2. The smallest absolute Gasteiger partial charge is 0.306 e. The van der Waals surface area contributed by atoms with Crippen LogP contribution >= 0.6 is 0 Å². The Labute approximate surface area is 323 Å². The molecule has 1 saturated carbocycles. The Balaban J connectivity index is 0.000000155. The Kier molecular flexibility index (Phi) is 8.49. The quantitative estimate of drug-likeness (QED) is 0.170. The molecule has 8 atom stereocenters. The highest BCUT2D eigenvalue weighted by Crippen LogP contribution is 2.66. The number of piperidine rings is 2. The summed E-state index contributed by atoms with van der Waals surface area (Å²) in [5, 5.41) is 21.1. The van der Waals surface area contributed by atoms with Crippen molar-refractivity contribution in [3.63, 3.8) is 0 Å². The fourth-order valence-electron chi connectivity index (χ4n) is 11.9. The van der Waals surface area contributed by atoms with E-state index >= 15 is 0 Å². The minimum atomic E-state index is -1.08. The number of hydrogen-bond acceptors (Lipinski definition) is 14. The van der Waals surface area contributed by atoms with E-state index in [1.54, 1.807) is 20.3 Å². The second-order valence-electron chi connectivity index (χ2n) is 16.5. The van der Waals surface area contributed by atoms with Crippen molar-refractivity contribution in [3.8, 4) is 23.0 Å². The van der Waals surface area contributed by atoms with E-state index in [-0.39, 0.29) is 49.1 Å². The highest BCUT2D eigenvalue weighted by molar-refractivity contribution is 5.99. The first-order valence-corrected chi connectivity index (χ1v) is 19.5. The van der Waals surface area contributed by atoms with Crippen LogP contribution in [0.1, 0.15) is 67.2 Å². The van der Waals surface area contributed by atoms with E-state index in [1.165, 1.54) is 6.08 Å². The minimum Gasteiger partial charge on any atom is -0.493 e. The topological polar surface area (TPSA) is 176 Å². The summed E-state index contributed by atoms with van der Waals surface area (Å²) in [6.07, 6.45) is 6.31. The number of nitrogens with zero attached hydrogens (tertiary/aromatic N) is 3. The molecule has 4 heterocycles. The van der Waals surface area contributed by atoms with Gasteiger partial charge in [-0.2, -0.15) is 0 Å². The zero-order valence-corrected chi connectivity index (χ0v) is 32.0. The van der Waals surface area contributed by atoms with Gasteiger partial charge in [0.05, 0.1) is 37.7 Å². The van der Waals surface area contributed by atoms with Crippen LogP contribution in [0.25, 0.3) is 0 Å². The molecule has 4 aliphatic heterocycles. The molecule has 4 aliphatic carbocycles. The zero-order chi connectivity index (χ0) is 39.4. The summed E-state index contributed by atoms with van der Waals surface area (Å²) in [6.45, 7) is 1.55. The van der Waals surface area contributed by atoms with Crippen molar-refractivity contribution < 1.29 is 53.1 Å². The molecule has 15 heteroatoms. The van der Waals surface area contributed by atoms with E-state index in [9.17, 15) is 29.6 Å². The summed E-state index contributed by atoms with van der Waals surface area (Å²) in [7, 11) is 7.27. The van der Waals surface area contributed by atoms with Gasteiger partial charge in [0, 0.05) is 30.0 Å². The van der Waals surface area contributed by atoms with Crippen LogP contribution in [0, 0.1) is 10.1 Å². The number of carbonyl (C=O) groups is 3. The number of aliphatic hydroxyl groups is 1. The summed E-state index contributed by atoms with van der Waals surface area (Å²) in [5.74, 6) is 2.10. The van der Waals surface area contributed by atoms with Gasteiger partial charge < -0.3 is 33.6 Å². The molecule has 0 aromatic heterocycles. The maximum Gasteiger partial charge on any atom is 0.306 e. The summed E-state index contributed by atoms with van der Waals surface area (Å²) >= 11 is 0. The molecular weight excluding hydrogens is 726 g/mol. The first-order chi connectivity index (χ1) is 26.9. The molecule has 2 saturated heterocycles. The fourth-order valence-corrected chi connectivity index (χ4v) is 11.9. The lowest BCUT2D eigenvalue weighted by Gasteiger charge is -2.63. The number of rotatable bonds is 9. The molecule has 0 amide bonds. The van der Waals surface area contributed by atoms with Crippen molar-refractivity contribution in [2.75, 3.05) is 48.0 Å². The van der Waals surface area contributed by atoms with Gasteiger partial charge in [-0.05, 0) is 108 Å². The third-order valence-electron chi connectivity index (χ3n) is 14.3. The molecule has 0 radical (unpaired) electrons. The van der Waals surface area contributed by atoms with Gasteiger partial charge in [-0.3, -0.25) is 24.2 Å². The molecule has 8 aliphatic rings. The summed E-state index contributed by atoms with van der Waals surface area (Å²) in [5.41, 5.74) is 0.855. The van der Waals surface area contributed by atoms with Gasteiger partial charge in [-0.25, -0.2) is 0 Å². The Morgan fingerprint density at radius 2 is 1.50 bits per heavy atom. The van der Waals surface area contributed by atoms with Crippen LogP contribution in [0.3, 0.4) is 0 Å². The lowest BCUT2D eigenvalue weighted by Crippen LogP contribution is -2.77. The third kappa shape index (κ3) is 4.70. The number of carbonyl (C=O) groups excluding carboxylic acids is 3. The summed E-state index contributed by atoms with van der Waals surface area (Å²) in [6, 6.07) is 7.77. The van der Waals surface area contributed by atoms with Gasteiger partial charge in [0.1, 0.15) is 11.2 Å². The Hall–Kier alpha value is -4.73. The molecule has 5 unspecified atom stereocenters. The molecule has 1 N–H and O–H groups in total. The molecule has 4 bridgehead atoms. The van der Waals surface area contributed by atoms with E-state index in [4.69, 9.17) is 23.7 Å². The second kappa shape index (κ2) is 12.9. The van der Waals surface area contributed by atoms with Gasteiger partial charge in [-0.1, -0.05) is 12.1 Å². The summed E-state index contributed by atoms with van der Waals surface area (Å²) in [4.78, 5) is 57.8. The number of likely N-dealkylation sites (tertiary alicyclic amines) is 2. The molecule has 2 aromatic carbocycles. The Morgan fingerprint density at radius 3 is 2.16 bits per heavy atom. The average molecular weight is 774 g/mol. The highest BCUT2D eigenvalue weighted by Gasteiger charge is 2.75. The van der Waals surface area contributed by atoms with E-state index < -0.39 is 39.3 Å². The van der Waals surface area contributed by atoms with Crippen LogP contribution in [-0.2, 0) is 47.6 Å². The number of ether oxygens (including phenoxy) is 5. The molecule has 15 nitrogen and oxygen atoms in total. The van der Waals surface area contributed by atoms with Gasteiger partial charge in [0.15, 0.2) is 46.8 Å². The molecule has 2 aromatic rings. The second-order valence-corrected chi connectivity index (χ2v) is 16.5. The standard InChI is InChI=1S/C23H28N2O8.C18H19NO4/c1-24-11-10-22-19-14-6-7-16(30-2)20(19)32-21(22)15(26)8-9-23(22,17(24)13-14)33-18(27)5-3-4-12-31-25(28)29;1-19-8-7-17-14-10-3-4-12(22-2)15(14)23-16(17)11(20)5-6-18(17,21)13(19)9-10/h6-7,17,21H,3-5,8-13H2,1-2H3;3-6,13,16,21H,7-9H2,1-2H3/t17?,21-,22-,23?;13?,16?,17-,18?/m00/s1. The number of hydrogen-bond donors (Lipinski definition) is 1.